The molecule has 1 fully saturated rings. The van der Waals surface area contributed by atoms with Crippen molar-refractivity contribution in [3.63, 3.8) is 0 Å². The van der Waals surface area contributed by atoms with Crippen LogP contribution in [0.15, 0.2) is 23.2 Å². The second-order valence-corrected chi connectivity index (χ2v) is 5.81. The van der Waals surface area contributed by atoms with Gasteiger partial charge in [-0.1, -0.05) is 6.92 Å². The molecule has 1 aromatic carbocycles. The molecule has 2 rings (SSSR count). The summed E-state index contributed by atoms with van der Waals surface area (Å²) in [6.07, 6.45) is 3.73. The lowest BCUT2D eigenvalue weighted by atomic mass is 10.0. The summed E-state index contributed by atoms with van der Waals surface area (Å²) >= 11 is 0. The average Bonchev–Trinajstić information content (AvgIpc) is 2.42. The second-order valence-electron chi connectivity index (χ2n) is 5.81. The molecule has 1 saturated heterocycles. The third-order valence-corrected chi connectivity index (χ3v) is 3.80. The van der Waals surface area contributed by atoms with Gasteiger partial charge < -0.3 is 10.6 Å². The molecule has 0 aromatic heterocycles. The molecule has 0 saturated carbocycles. The van der Waals surface area contributed by atoms with Gasteiger partial charge in [-0.2, -0.15) is 0 Å². The zero-order valence-electron chi connectivity index (χ0n) is 12.9. The van der Waals surface area contributed by atoms with Crippen LogP contribution in [-0.2, 0) is 6.42 Å². The lowest BCUT2D eigenvalue weighted by molar-refractivity contribution is 0.270. The van der Waals surface area contributed by atoms with E-state index in [4.69, 9.17) is 5.73 Å². The van der Waals surface area contributed by atoms with Crippen molar-refractivity contribution in [1.82, 2.24) is 4.90 Å². The van der Waals surface area contributed by atoms with Crippen LogP contribution in [0.25, 0.3) is 0 Å². The number of likely N-dealkylation sites (tertiary alicyclic amines) is 1. The van der Waals surface area contributed by atoms with Crippen molar-refractivity contribution < 1.29 is 8.78 Å². The van der Waals surface area contributed by atoms with Crippen molar-refractivity contribution in [2.75, 3.05) is 19.6 Å². The maximum atomic E-state index is 13.1. The van der Waals surface area contributed by atoms with Gasteiger partial charge in [0.15, 0.2) is 5.96 Å². The summed E-state index contributed by atoms with van der Waals surface area (Å²) in [5.74, 6) is 0.181. The van der Waals surface area contributed by atoms with Crippen molar-refractivity contribution in [2.24, 2.45) is 16.6 Å². The Morgan fingerprint density at radius 1 is 1.32 bits per heavy atom. The van der Waals surface area contributed by atoms with Gasteiger partial charge in [0.2, 0.25) is 0 Å². The largest absolute Gasteiger partial charge is 0.370 e. The fourth-order valence-corrected chi connectivity index (χ4v) is 2.73. The first-order valence-corrected chi connectivity index (χ1v) is 7.54. The number of rotatable bonds is 4. The normalized spacial score (nSPS) is 19.0. The summed E-state index contributed by atoms with van der Waals surface area (Å²) in [6.45, 7) is 4.73. The highest BCUT2D eigenvalue weighted by Gasteiger charge is 2.17. The smallest absolute Gasteiger partial charge is 0.191 e. The molecule has 1 unspecified atom stereocenters. The highest BCUT2D eigenvalue weighted by Crippen LogP contribution is 2.15. The van der Waals surface area contributed by atoms with E-state index in [0.717, 1.165) is 32.0 Å². The number of halogens is 3. The van der Waals surface area contributed by atoms with Gasteiger partial charge in [-0.05, 0) is 49.3 Å². The fraction of sp³-hybridized carbons (Fsp3) is 0.562. The molecule has 0 spiro atoms. The highest BCUT2D eigenvalue weighted by molar-refractivity contribution is 14.0. The van der Waals surface area contributed by atoms with Crippen molar-refractivity contribution in [2.45, 2.75) is 32.6 Å². The highest BCUT2D eigenvalue weighted by atomic mass is 127. The molecule has 2 N–H and O–H groups in total. The van der Waals surface area contributed by atoms with Gasteiger partial charge in [-0.3, -0.25) is 4.99 Å². The van der Waals surface area contributed by atoms with E-state index in [1.807, 2.05) is 0 Å². The first-order valence-electron chi connectivity index (χ1n) is 7.54. The first-order chi connectivity index (χ1) is 10.0. The number of aryl methyl sites for hydroxylation is 1. The Morgan fingerprint density at radius 2 is 2.00 bits per heavy atom. The van der Waals surface area contributed by atoms with Crippen molar-refractivity contribution >= 4 is 29.9 Å². The number of aliphatic imine (C=N–C) groups is 1. The quantitative estimate of drug-likeness (QED) is 0.348. The van der Waals surface area contributed by atoms with Gasteiger partial charge in [-0.25, -0.2) is 8.78 Å². The Hall–Kier alpha value is -0.920. The molecule has 22 heavy (non-hydrogen) atoms. The monoisotopic (exact) mass is 423 g/mol. The van der Waals surface area contributed by atoms with Gasteiger partial charge >= 0.3 is 0 Å². The Balaban J connectivity index is 0.00000242. The predicted octanol–water partition coefficient (Wildman–Crippen LogP) is 3.56. The molecular weight excluding hydrogens is 399 g/mol. The van der Waals surface area contributed by atoms with Crippen molar-refractivity contribution in [3.05, 3.63) is 35.4 Å². The van der Waals surface area contributed by atoms with E-state index < -0.39 is 11.6 Å². The van der Waals surface area contributed by atoms with Crippen LogP contribution in [0.1, 0.15) is 31.7 Å². The van der Waals surface area contributed by atoms with E-state index in [0.29, 0.717) is 30.4 Å². The van der Waals surface area contributed by atoms with Crippen LogP contribution in [0.3, 0.4) is 0 Å². The SMILES string of the molecule is CC1CCCN(C(N)=NCCCc2cc(F)cc(F)c2)C1.I. The Morgan fingerprint density at radius 3 is 2.64 bits per heavy atom. The summed E-state index contributed by atoms with van der Waals surface area (Å²) in [5.41, 5.74) is 6.65. The number of guanidine groups is 1. The van der Waals surface area contributed by atoms with Crippen LogP contribution < -0.4 is 5.73 Å². The molecule has 1 aromatic rings. The van der Waals surface area contributed by atoms with Gasteiger partial charge in [0.05, 0.1) is 0 Å². The molecule has 124 valence electrons. The third-order valence-electron chi connectivity index (χ3n) is 3.80. The lowest BCUT2D eigenvalue weighted by Gasteiger charge is -2.31. The first kappa shape index (κ1) is 19.1. The zero-order chi connectivity index (χ0) is 15.2. The molecule has 0 radical (unpaired) electrons. The summed E-state index contributed by atoms with van der Waals surface area (Å²) < 4.78 is 26.1. The number of nitrogens with zero attached hydrogens (tertiary/aromatic N) is 2. The molecule has 1 aliphatic heterocycles. The number of benzene rings is 1. The molecule has 0 bridgehead atoms. The van der Waals surface area contributed by atoms with E-state index in [1.165, 1.54) is 18.6 Å². The Kier molecular flexibility index (Phi) is 8.06. The van der Waals surface area contributed by atoms with Crippen LogP contribution >= 0.6 is 24.0 Å². The molecule has 1 atom stereocenters. The Bertz CT molecular complexity index is 488. The van der Waals surface area contributed by atoms with Crippen molar-refractivity contribution in [1.29, 1.82) is 0 Å². The minimum absolute atomic E-state index is 0. The molecule has 0 amide bonds. The molecule has 1 aliphatic rings. The van der Waals surface area contributed by atoms with Crippen LogP contribution in [0, 0.1) is 17.6 Å². The van der Waals surface area contributed by atoms with Gasteiger partial charge in [-0.15, -0.1) is 24.0 Å². The van der Waals surface area contributed by atoms with Crippen LogP contribution in [0.4, 0.5) is 8.78 Å². The van der Waals surface area contributed by atoms with Crippen LogP contribution in [0.2, 0.25) is 0 Å². The predicted molar refractivity (Wildman–Crippen MR) is 96.6 cm³/mol. The van der Waals surface area contributed by atoms with E-state index in [2.05, 4.69) is 16.8 Å². The van der Waals surface area contributed by atoms with Crippen LogP contribution in [0.5, 0.6) is 0 Å². The number of hydrogen-bond acceptors (Lipinski definition) is 1. The average molecular weight is 423 g/mol. The molecule has 6 heteroatoms. The summed E-state index contributed by atoms with van der Waals surface area (Å²) in [4.78, 5) is 6.50. The van der Waals surface area contributed by atoms with Crippen molar-refractivity contribution in [3.8, 4) is 0 Å². The van der Waals surface area contributed by atoms with Crippen LogP contribution in [-0.4, -0.2) is 30.5 Å². The maximum Gasteiger partial charge on any atom is 0.191 e. The topological polar surface area (TPSA) is 41.6 Å². The van der Waals surface area contributed by atoms with E-state index in [-0.39, 0.29) is 24.0 Å². The number of piperidine rings is 1. The van der Waals surface area contributed by atoms with E-state index in [1.54, 1.807) is 0 Å². The third kappa shape index (κ3) is 6.06. The fourth-order valence-electron chi connectivity index (χ4n) is 2.73. The molecule has 3 nitrogen and oxygen atoms in total. The Labute approximate surface area is 148 Å². The lowest BCUT2D eigenvalue weighted by Crippen LogP contribution is -2.43. The van der Waals surface area contributed by atoms with E-state index in [9.17, 15) is 8.78 Å². The molecule has 1 heterocycles. The minimum Gasteiger partial charge on any atom is -0.370 e. The summed E-state index contributed by atoms with van der Waals surface area (Å²) in [5, 5.41) is 0. The molecular formula is C16H24F2IN3. The van der Waals surface area contributed by atoms with Gasteiger partial charge in [0.25, 0.3) is 0 Å². The number of hydrogen-bond donors (Lipinski definition) is 1. The van der Waals surface area contributed by atoms with Gasteiger partial charge in [0, 0.05) is 25.7 Å². The summed E-state index contributed by atoms with van der Waals surface area (Å²) in [6, 6.07) is 3.61. The summed E-state index contributed by atoms with van der Waals surface area (Å²) in [7, 11) is 0. The van der Waals surface area contributed by atoms with E-state index >= 15 is 0 Å². The molecule has 0 aliphatic carbocycles. The number of nitrogens with two attached hydrogens (primary N) is 1. The standard InChI is InChI=1S/C16H23F2N3.HI/c1-12-4-3-7-21(11-12)16(19)20-6-2-5-13-8-14(17)10-15(18)9-13;/h8-10,12H,2-7,11H2,1H3,(H2,19,20);1H. The second kappa shape index (κ2) is 9.27. The zero-order valence-corrected chi connectivity index (χ0v) is 15.2. The maximum absolute atomic E-state index is 13.1. The minimum atomic E-state index is -0.532. The van der Waals surface area contributed by atoms with Gasteiger partial charge in [0.1, 0.15) is 11.6 Å².